The van der Waals surface area contributed by atoms with E-state index in [1.807, 2.05) is 0 Å². The number of rotatable bonds is 6. The minimum absolute atomic E-state index is 0.884. The van der Waals surface area contributed by atoms with Crippen LogP contribution in [-0.2, 0) is 0 Å². The Morgan fingerprint density at radius 3 is 2.62 bits per heavy atom. The minimum atomic E-state index is 0.884. The normalized spacial score (nSPS) is 20.8. The molecular weight excluding hydrogens is 158 g/mol. The van der Waals surface area contributed by atoms with Crippen LogP contribution in [0.4, 0.5) is 0 Å². The second-order valence-corrected chi connectivity index (χ2v) is 4.70. The zero-order valence-corrected chi connectivity index (χ0v) is 9.31. The van der Waals surface area contributed by atoms with Gasteiger partial charge in [-0.1, -0.05) is 39.5 Å². The topological polar surface area (TPSA) is 12.0 Å². The Kier molecular flexibility index (Phi) is 5.45. The van der Waals surface area contributed by atoms with Crippen LogP contribution in [0, 0.1) is 11.8 Å². The lowest BCUT2D eigenvalue weighted by atomic mass is 9.94. The van der Waals surface area contributed by atoms with Crippen LogP contribution in [0.2, 0.25) is 0 Å². The van der Waals surface area contributed by atoms with Crippen LogP contribution in [0.3, 0.4) is 0 Å². The molecule has 1 atom stereocenters. The first-order chi connectivity index (χ1) is 6.33. The summed E-state index contributed by atoms with van der Waals surface area (Å²) < 4.78 is 0. The fourth-order valence-electron chi connectivity index (χ4n) is 2.42. The SMILES string of the molecule is CCCNCC(C)CC1CCCC1. The number of hydrogen-bond donors (Lipinski definition) is 1. The molecule has 1 unspecified atom stereocenters. The number of hydrogen-bond acceptors (Lipinski definition) is 1. The van der Waals surface area contributed by atoms with Crippen molar-refractivity contribution in [2.45, 2.75) is 52.4 Å². The van der Waals surface area contributed by atoms with Gasteiger partial charge in [-0.05, 0) is 37.8 Å². The second kappa shape index (κ2) is 6.42. The summed E-state index contributed by atoms with van der Waals surface area (Å²) in [5.74, 6) is 1.94. The minimum Gasteiger partial charge on any atom is -0.316 e. The van der Waals surface area contributed by atoms with Crippen LogP contribution in [0.25, 0.3) is 0 Å². The molecule has 1 heteroatoms. The van der Waals surface area contributed by atoms with Gasteiger partial charge in [0.1, 0.15) is 0 Å². The van der Waals surface area contributed by atoms with Crippen molar-refractivity contribution in [2.75, 3.05) is 13.1 Å². The summed E-state index contributed by atoms with van der Waals surface area (Å²) in [7, 11) is 0. The van der Waals surface area contributed by atoms with Gasteiger partial charge >= 0.3 is 0 Å². The molecule has 0 bridgehead atoms. The fraction of sp³-hybridized carbons (Fsp3) is 1.00. The van der Waals surface area contributed by atoms with Crippen molar-refractivity contribution < 1.29 is 0 Å². The molecule has 0 amide bonds. The lowest BCUT2D eigenvalue weighted by Gasteiger charge is -2.16. The van der Waals surface area contributed by atoms with E-state index in [2.05, 4.69) is 19.2 Å². The average Bonchev–Trinajstić information content (AvgIpc) is 2.57. The van der Waals surface area contributed by atoms with Crippen LogP contribution < -0.4 is 5.32 Å². The molecule has 1 rings (SSSR count). The molecule has 0 radical (unpaired) electrons. The van der Waals surface area contributed by atoms with E-state index >= 15 is 0 Å². The fourth-order valence-corrected chi connectivity index (χ4v) is 2.42. The molecule has 0 heterocycles. The highest BCUT2D eigenvalue weighted by molar-refractivity contribution is 4.70. The molecule has 0 saturated heterocycles. The van der Waals surface area contributed by atoms with Crippen LogP contribution in [-0.4, -0.2) is 13.1 Å². The highest BCUT2D eigenvalue weighted by Gasteiger charge is 2.17. The molecule has 13 heavy (non-hydrogen) atoms. The van der Waals surface area contributed by atoms with E-state index in [1.165, 1.54) is 51.6 Å². The summed E-state index contributed by atoms with van der Waals surface area (Å²) in [5, 5.41) is 3.51. The van der Waals surface area contributed by atoms with Crippen LogP contribution in [0.5, 0.6) is 0 Å². The molecule has 0 aromatic rings. The van der Waals surface area contributed by atoms with Gasteiger partial charge in [-0.15, -0.1) is 0 Å². The van der Waals surface area contributed by atoms with E-state index in [1.54, 1.807) is 0 Å². The lowest BCUT2D eigenvalue weighted by molar-refractivity contribution is 0.381. The van der Waals surface area contributed by atoms with Crippen LogP contribution in [0.15, 0.2) is 0 Å². The van der Waals surface area contributed by atoms with Crippen molar-refractivity contribution in [3.63, 3.8) is 0 Å². The van der Waals surface area contributed by atoms with Crippen molar-refractivity contribution in [1.82, 2.24) is 5.32 Å². The van der Waals surface area contributed by atoms with Crippen LogP contribution in [0.1, 0.15) is 52.4 Å². The van der Waals surface area contributed by atoms with Gasteiger partial charge in [-0.2, -0.15) is 0 Å². The maximum Gasteiger partial charge on any atom is -0.00231 e. The molecule has 0 spiro atoms. The molecule has 1 aliphatic carbocycles. The summed E-state index contributed by atoms with van der Waals surface area (Å²) >= 11 is 0. The first-order valence-electron chi connectivity index (χ1n) is 6.03. The zero-order valence-electron chi connectivity index (χ0n) is 9.31. The Balaban J connectivity index is 1.99. The van der Waals surface area contributed by atoms with E-state index in [-0.39, 0.29) is 0 Å². The second-order valence-electron chi connectivity index (χ2n) is 4.70. The summed E-state index contributed by atoms with van der Waals surface area (Å²) in [6.45, 7) is 7.04. The maximum absolute atomic E-state index is 3.51. The Bertz CT molecular complexity index is 116. The van der Waals surface area contributed by atoms with Crippen molar-refractivity contribution in [3.8, 4) is 0 Å². The highest BCUT2D eigenvalue weighted by Crippen LogP contribution is 2.29. The van der Waals surface area contributed by atoms with Crippen molar-refractivity contribution >= 4 is 0 Å². The van der Waals surface area contributed by atoms with E-state index < -0.39 is 0 Å². The Labute approximate surface area is 83.3 Å². The van der Waals surface area contributed by atoms with Crippen molar-refractivity contribution in [2.24, 2.45) is 11.8 Å². The van der Waals surface area contributed by atoms with Crippen molar-refractivity contribution in [1.29, 1.82) is 0 Å². The first-order valence-corrected chi connectivity index (χ1v) is 6.03. The van der Waals surface area contributed by atoms with Crippen LogP contribution >= 0.6 is 0 Å². The Morgan fingerprint density at radius 1 is 1.31 bits per heavy atom. The summed E-state index contributed by atoms with van der Waals surface area (Å²) in [6, 6.07) is 0. The Hall–Kier alpha value is -0.0400. The molecule has 0 aromatic heterocycles. The van der Waals surface area contributed by atoms with Gasteiger partial charge in [0.2, 0.25) is 0 Å². The molecule has 1 nitrogen and oxygen atoms in total. The molecule has 1 fully saturated rings. The molecule has 0 aliphatic heterocycles. The van der Waals surface area contributed by atoms with E-state index in [0.717, 1.165) is 11.8 Å². The van der Waals surface area contributed by atoms with Crippen molar-refractivity contribution in [3.05, 3.63) is 0 Å². The third-order valence-electron chi connectivity index (χ3n) is 3.13. The van der Waals surface area contributed by atoms with Gasteiger partial charge in [-0.3, -0.25) is 0 Å². The molecule has 1 saturated carbocycles. The molecule has 78 valence electrons. The lowest BCUT2D eigenvalue weighted by Crippen LogP contribution is -2.23. The van der Waals surface area contributed by atoms with Gasteiger partial charge in [0.15, 0.2) is 0 Å². The summed E-state index contributed by atoms with van der Waals surface area (Å²) in [4.78, 5) is 0. The van der Waals surface area contributed by atoms with Gasteiger partial charge in [-0.25, -0.2) is 0 Å². The molecule has 0 aromatic carbocycles. The van der Waals surface area contributed by atoms with E-state index in [9.17, 15) is 0 Å². The predicted octanol–water partition coefficient (Wildman–Crippen LogP) is 3.20. The standard InChI is InChI=1S/C12H25N/c1-3-8-13-10-11(2)9-12-6-4-5-7-12/h11-13H,3-10H2,1-2H3. The van der Waals surface area contributed by atoms with E-state index in [4.69, 9.17) is 0 Å². The number of nitrogens with one attached hydrogen (secondary N) is 1. The maximum atomic E-state index is 3.51. The Morgan fingerprint density at radius 2 is 2.00 bits per heavy atom. The molecule has 1 N–H and O–H groups in total. The molecular formula is C12H25N. The zero-order chi connectivity index (χ0) is 9.52. The van der Waals surface area contributed by atoms with Gasteiger partial charge in [0.25, 0.3) is 0 Å². The van der Waals surface area contributed by atoms with E-state index in [0.29, 0.717) is 0 Å². The van der Waals surface area contributed by atoms with Gasteiger partial charge in [0, 0.05) is 0 Å². The molecule has 1 aliphatic rings. The third-order valence-corrected chi connectivity index (χ3v) is 3.13. The smallest absolute Gasteiger partial charge is 0.00231 e. The third kappa shape index (κ3) is 4.66. The van der Waals surface area contributed by atoms with Gasteiger partial charge < -0.3 is 5.32 Å². The quantitative estimate of drug-likeness (QED) is 0.624. The first kappa shape index (κ1) is 11.0. The summed E-state index contributed by atoms with van der Waals surface area (Å²) in [6.07, 6.45) is 8.68. The highest BCUT2D eigenvalue weighted by atomic mass is 14.8. The van der Waals surface area contributed by atoms with Gasteiger partial charge in [0.05, 0.1) is 0 Å². The monoisotopic (exact) mass is 183 g/mol. The average molecular weight is 183 g/mol. The summed E-state index contributed by atoms with van der Waals surface area (Å²) in [5.41, 5.74) is 0. The predicted molar refractivity (Wildman–Crippen MR) is 58.9 cm³/mol. The largest absolute Gasteiger partial charge is 0.316 e.